The van der Waals surface area contributed by atoms with Gasteiger partial charge in [-0.15, -0.1) is 11.3 Å². The van der Waals surface area contributed by atoms with Crippen LogP contribution in [0.3, 0.4) is 0 Å². The summed E-state index contributed by atoms with van der Waals surface area (Å²) >= 11 is 1.29. The molecule has 3 aromatic rings. The molecule has 1 aromatic heterocycles. The monoisotopic (exact) mass is 430 g/mol. The molecule has 0 aliphatic rings. The molecule has 0 amide bonds. The van der Waals surface area contributed by atoms with E-state index < -0.39 is 5.97 Å². The van der Waals surface area contributed by atoms with Crippen molar-refractivity contribution in [2.45, 2.75) is 19.5 Å². The van der Waals surface area contributed by atoms with Crippen molar-refractivity contribution in [2.75, 3.05) is 20.8 Å². The third-order valence-electron chi connectivity index (χ3n) is 4.65. The smallest absolute Gasteiger partial charge is 0.355 e. The number of hydrogen-bond acceptors (Lipinski definition) is 6. The van der Waals surface area contributed by atoms with E-state index in [2.05, 4.69) is 9.88 Å². The van der Waals surface area contributed by atoms with Gasteiger partial charge in [-0.3, -0.25) is 4.90 Å². The average molecular weight is 431 g/mol. The number of ether oxygens (including phenoxy) is 2. The third-order valence-corrected chi connectivity index (χ3v) is 5.48. The second-order valence-corrected chi connectivity index (χ2v) is 7.62. The molecule has 6 nitrogen and oxygen atoms in total. The van der Waals surface area contributed by atoms with Gasteiger partial charge in [-0.05, 0) is 30.2 Å². The summed E-state index contributed by atoms with van der Waals surface area (Å²) in [7, 11) is 3.18. The summed E-state index contributed by atoms with van der Waals surface area (Å²) in [6, 6.07) is 12.4. The number of nitrogens with zero attached hydrogens (tertiary/aromatic N) is 2. The first-order valence-corrected chi connectivity index (χ1v) is 10.2. The van der Waals surface area contributed by atoms with E-state index in [-0.39, 0.29) is 11.5 Å². The summed E-state index contributed by atoms with van der Waals surface area (Å²) in [4.78, 5) is 17.3. The Morgan fingerprint density at radius 2 is 1.90 bits per heavy atom. The molecule has 0 saturated carbocycles. The molecule has 0 saturated heterocycles. The van der Waals surface area contributed by atoms with Gasteiger partial charge in [0.2, 0.25) is 0 Å². The van der Waals surface area contributed by atoms with Gasteiger partial charge in [0.15, 0.2) is 17.2 Å². The van der Waals surface area contributed by atoms with E-state index in [1.807, 2.05) is 18.2 Å². The Morgan fingerprint density at radius 1 is 1.13 bits per heavy atom. The number of methoxy groups -OCH3 is 2. The Kier molecular flexibility index (Phi) is 7.37. The van der Waals surface area contributed by atoms with Crippen molar-refractivity contribution in [3.05, 3.63) is 75.5 Å². The minimum atomic E-state index is -1.05. The van der Waals surface area contributed by atoms with Crippen molar-refractivity contribution in [1.29, 1.82) is 0 Å². The van der Waals surface area contributed by atoms with Crippen molar-refractivity contribution < 1.29 is 23.8 Å². The summed E-state index contributed by atoms with van der Waals surface area (Å²) in [5.41, 5.74) is 1.66. The molecule has 1 heterocycles. The van der Waals surface area contributed by atoms with Gasteiger partial charge in [0, 0.05) is 24.0 Å². The first-order chi connectivity index (χ1) is 14.5. The quantitative estimate of drug-likeness (QED) is 0.519. The predicted octanol–water partition coefficient (Wildman–Crippen LogP) is 4.24. The minimum absolute atomic E-state index is 0.0285. The molecule has 0 radical (unpaired) electrons. The molecular weight excluding hydrogens is 407 g/mol. The van der Waals surface area contributed by atoms with E-state index in [0.29, 0.717) is 48.1 Å². The lowest BCUT2D eigenvalue weighted by molar-refractivity contribution is 0.0691. The lowest BCUT2D eigenvalue weighted by atomic mass is 10.1. The van der Waals surface area contributed by atoms with Crippen molar-refractivity contribution in [3.63, 3.8) is 0 Å². The van der Waals surface area contributed by atoms with E-state index in [0.717, 1.165) is 5.56 Å². The number of hydrogen-bond donors (Lipinski definition) is 1. The summed E-state index contributed by atoms with van der Waals surface area (Å²) < 4.78 is 24.8. The Labute approximate surface area is 178 Å². The summed E-state index contributed by atoms with van der Waals surface area (Å²) in [6.45, 7) is 1.45. The number of benzene rings is 2. The van der Waals surface area contributed by atoms with Crippen LogP contribution < -0.4 is 9.47 Å². The van der Waals surface area contributed by atoms with E-state index in [1.54, 1.807) is 32.4 Å². The van der Waals surface area contributed by atoms with Gasteiger partial charge in [0.1, 0.15) is 10.8 Å². The van der Waals surface area contributed by atoms with Crippen LogP contribution in [0.25, 0.3) is 0 Å². The van der Waals surface area contributed by atoms with Crippen LogP contribution in [0.2, 0.25) is 0 Å². The third kappa shape index (κ3) is 5.55. The zero-order chi connectivity index (χ0) is 21.5. The Balaban J connectivity index is 1.76. The largest absolute Gasteiger partial charge is 0.493 e. The molecule has 1 N–H and O–H groups in total. The van der Waals surface area contributed by atoms with E-state index >= 15 is 0 Å². The van der Waals surface area contributed by atoms with Crippen LogP contribution in [0.5, 0.6) is 11.5 Å². The maximum absolute atomic E-state index is 14.2. The number of carboxylic acid groups (broad SMARTS) is 1. The zero-order valence-electron chi connectivity index (χ0n) is 16.8. The number of aromatic carboxylic acids is 1. The van der Waals surface area contributed by atoms with E-state index in [9.17, 15) is 9.18 Å². The van der Waals surface area contributed by atoms with Gasteiger partial charge in [-0.25, -0.2) is 14.2 Å². The Morgan fingerprint density at radius 3 is 2.57 bits per heavy atom. The molecule has 8 heteroatoms. The molecule has 2 aromatic carbocycles. The number of carboxylic acids is 1. The fourth-order valence-corrected chi connectivity index (χ4v) is 3.89. The second kappa shape index (κ2) is 10.2. The second-order valence-electron chi connectivity index (χ2n) is 6.67. The molecule has 3 rings (SSSR count). The lowest BCUT2D eigenvalue weighted by Crippen LogP contribution is -2.26. The highest BCUT2D eigenvalue weighted by molar-refractivity contribution is 7.09. The zero-order valence-corrected chi connectivity index (χ0v) is 17.6. The Hall–Kier alpha value is -2.97. The highest BCUT2D eigenvalue weighted by atomic mass is 32.1. The average Bonchev–Trinajstić information content (AvgIpc) is 3.22. The van der Waals surface area contributed by atoms with Crippen molar-refractivity contribution in [3.8, 4) is 11.5 Å². The van der Waals surface area contributed by atoms with Gasteiger partial charge in [-0.2, -0.15) is 0 Å². The van der Waals surface area contributed by atoms with Crippen LogP contribution in [0, 0.1) is 5.82 Å². The predicted molar refractivity (Wildman–Crippen MR) is 113 cm³/mol. The lowest BCUT2D eigenvalue weighted by Gasteiger charge is -2.22. The molecule has 158 valence electrons. The van der Waals surface area contributed by atoms with Gasteiger partial charge in [0.05, 0.1) is 20.8 Å². The number of halogens is 1. The molecule has 0 spiro atoms. The number of rotatable bonds is 10. The van der Waals surface area contributed by atoms with E-state index in [1.165, 1.54) is 22.8 Å². The summed E-state index contributed by atoms with van der Waals surface area (Å²) in [5, 5.41) is 11.3. The van der Waals surface area contributed by atoms with Crippen molar-refractivity contribution in [1.82, 2.24) is 9.88 Å². The first kappa shape index (κ1) is 21.7. The Bertz CT molecular complexity index is 1010. The highest BCUT2D eigenvalue weighted by Crippen LogP contribution is 2.28. The summed E-state index contributed by atoms with van der Waals surface area (Å²) in [5.74, 6) is -0.00223. The van der Waals surface area contributed by atoms with Crippen LogP contribution in [0.15, 0.2) is 47.8 Å². The van der Waals surface area contributed by atoms with Crippen LogP contribution in [0.1, 0.15) is 26.6 Å². The van der Waals surface area contributed by atoms with Gasteiger partial charge in [0.25, 0.3) is 0 Å². The number of aromatic nitrogens is 1. The highest BCUT2D eigenvalue weighted by Gasteiger charge is 2.15. The van der Waals surface area contributed by atoms with Gasteiger partial charge in [-0.1, -0.05) is 24.3 Å². The minimum Gasteiger partial charge on any atom is -0.493 e. The topological polar surface area (TPSA) is 71.9 Å². The van der Waals surface area contributed by atoms with Crippen LogP contribution >= 0.6 is 11.3 Å². The molecule has 0 aliphatic heterocycles. The fraction of sp³-hybridized carbons (Fsp3) is 0.273. The van der Waals surface area contributed by atoms with Crippen molar-refractivity contribution >= 4 is 17.3 Å². The molecule has 0 atom stereocenters. The van der Waals surface area contributed by atoms with E-state index in [4.69, 9.17) is 14.6 Å². The van der Waals surface area contributed by atoms with Crippen LogP contribution in [-0.2, 0) is 19.5 Å². The summed E-state index contributed by atoms with van der Waals surface area (Å²) in [6.07, 6.45) is 0.700. The van der Waals surface area contributed by atoms with Crippen molar-refractivity contribution in [2.24, 2.45) is 0 Å². The molecule has 0 fully saturated rings. The van der Waals surface area contributed by atoms with Gasteiger partial charge >= 0.3 is 5.97 Å². The first-order valence-electron chi connectivity index (χ1n) is 9.34. The SMILES string of the molecule is COc1ccc(CCN(Cc2nc(C(=O)O)cs2)Cc2ccccc2F)cc1OC. The molecule has 0 unspecified atom stereocenters. The fourth-order valence-electron chi connectivity index (χ4n) is 3.08. The molecule has 30 heavy (non-hydrogen) atoms. The van der Waals surface area contributed by atoms with Crippen LogP contribution in [0.4, 0.5) is 4.39 Å². The normalized spacial score (nSPS) is 10.9. The maximum atomic E-state index is 14.2. The standard InChI is InChI=1S/C22H23FN2O4S/c1-28-19-8-7-15(11-20(19)29-2)9-10-25(12-16-5-3-4-6-17(16)23)13-21-24-18(14-30-21)22(26)27/h3-8,11,14H,9-10,12-13H2,1-2H3,(H,26,27). The molecular formula is C22H23FN2O4S. The number of thiazole rings is 1. The molecule has 0 aliphatic carbocycles. The molecule has 0 bridgehead atoms. The van der Waals surface area contributed by atoms with Gasteiger partial charge < -0.3 is 14.6 Å². The number of carbonyl (C=O) groups is 1. The van der Waals surface area contributed by atoms with Crippen LogP contribution in [-0.4, -0.2) is 41.7 Å². The maximum Gasteiger partial charge on any atom is 0.355 e.